The van der Waals surface area contributed by atoms with Crippen LogP contribution in [0, 0.1) is 0 Å². The van der Waals surface area contributed by atoms with Gasteiger partial charge in [0.25, 0.3) is 0 Å². The van der Waals surface area contributed by atoms with Gasteiger partial charge in [0.1, 0.15) is 0 Å². The topological polar surface area (TPSA) is 48.5 Å². The summed E-state index contributed by atoms with van der Waals surface area (Å²) in [5, 5.41) is 6.46. The van der Waals surface area contributed by atoms with Crippen LogP contribution in [0.15, 0.2) is 5.38 Å². The molecule has 1 aromatic rings. The maximum atomic E-state index is 12.4. The van der Waals surface area contributed by atoms with Crippen molar-refractivity contribution in [1.82, 2.24) is 20.1 Å². The molecule has 2 saturated carbocycles. The lowest BCUT2D eigenvalue weighted by atomic mass is 10.2. The average Bonchev–Trinajstić information content (AvgIpc) is 3.46. The lowest BCUT2D eigenvalue weighted by Gasteiger charge is -2.35. The first-order valence-corrected chi connectivity index (χ1v) is 9.33. The molecule has 0 aromatic carbocycles. The van der Waals surface area contributed by atoms with Crippen molar-refractivity contribution in [1.29, 1.82) is 0 Å². The Morgan fingerprint density at radius 3 is 2.64 bits per heavy atom. The molecule has 3 fully saturated rings. The third-order valence-corrected chi connectivity index (χ3v) is 5.94. The van der Waals surface area contributed by atoms with E-state index in [4.69, 9.17) is 4.98 Å². The fraction of sp³-hybridized carbons (Fsp3) is 0.750. The molecular weight excluding hydrogens is 296 g/mol. The molecule has 2 heterocycles. The molecule has 2 amide bonds. The zero-order valence-corrected chi connectivity index (χ0v) is 13.9. The van der Waals surface area contributed by atoms with Crippen molar-refractivity contribution >= 4 is 17.4 Å². The molecule has 0 unspecified atom stereocenters. The number of urea groups is 1. The maximum Gasteiger partial charge on any atom is 0.318 e. The number of hydrogen-bond donors (Lipinski definition) is 1. The molecule has 3 aliphatic rings. The van der Waals surface area contributed by atoms with Gasteiger partial charge in [0.15, 0.2) is 0 Å². The first-order chi connectivity index (χ1) is 10.7. The van der Waals surface area contributed by atoms with Crippen LogP contribution < -0.4 is 5.32 Å². The van der Waals surface area contributed by atoms with Crippen LogP contribution in [0.2, 0.25) is 0 Å². The summed E-state index contributed by atoms with van der Waals surface area (Å²) in [5.41, 5.74) is 1.01. The van der Waals surface area contributed by atoms with Gasteiger partial charge in [0.05, 0.1) is 16.7 Å². The van der Waals surface area contributed by atoms with E-state index in [2.05, 4.69) is 15.6 Å². The quantitative estimate of drug-likeness (QED) is 0.927. The van der Waals surface area contributed by atoms with Gasteiger partial charge in [-0.15, -0.1) is 11.3 Å². The van der Waals surface area contributed by atoms with Gasteiger partial charge in [-0.1, -0.05) is 0 Å². The molecule has 4 rings (SSSR count). The van der Waals surface area contributed by atoms with E-state index in [1.807, 2.05) is 11.8 Å². The van der Waals surface area contributed by atoms with E-state index in [1.54, 1.807) is 11.3 Å². The minimum absolute atomic E-state index is 0.00212. The second-order valence-corrected chi connectivity index (χ2v) is 7.70. The lowest BCUT2D eigenvalue weighted by molar-refractivity contribution is 0.133. The normalized spacial score (nSPS) is 24.3. The van der Waals surface area contributed by atoms with Gasteiger partial charge in [-0.05, 0) is 32.6 Å². The van der Waals surface area contributed by atoms with Crippen LogP contribution in [0.1, 0.15) is 55.3 Å². The Labute approximate surface area is 135 Å². The van der Waals surface area contributed by atoms with Crippen molar-refractivity contribution < 1.29 is 4.79 Å². The van der Waals surface area contributed by atoms with Gasteiger partial charge in [-0.3, -0.25) is 4.90 Å². The van der Waals surface area contributed by atoms with Crippen LogP contribution in [0.5, 0.6) is 0 Å². The minimum Gasteiger partial charge on any atom is -0.330 e. The van der Waals surface area contributed by atoms with Crippen LogP contribution in [0.4, 0.5) is 4.79 Å². The molecule has 6 heteroatoms. The fourth-order valence-electron chi connectivity index (χ4n) is 3.10. The van der Waals surface area contributed by atoms with Crippen molar-refractivity contribution in [3.63, 3.8) is 0 Å². The zero-order valence-electron chi connectivity index (χ0n) is 13.1. The summed E-state index contributed by atoms with van der Waals surface area (Å²) in [4.78, 5) is 21.6. The molecule has 0 bridgehead atoms. The number of amides is 2. The molecule has 22 heavy (non-hydrogen) atoms. The Bertz CT molecular complexity index is 544. The summed E-state index contributed by atoms with van der Waals surface area (Å²) in [7, 11) is 0. The van der Waals surface area contributed by atoms with Gasteiger partial charge in [-0.2, -0.15) is 0 Å². The Morgan fingerprint density at radius 1 is 1.27 bits per heavy atom. The predicted octanol–water partition coefficient (Wildman–Crippen LogP) is 2.57. The van der Waals surface area contributed by atoms with Crippen LogP contribution in [0.25, 0.3) is 0 Å². The average molecular weight is 320 g/mol. The molecule has 5 nitrogen and oxygen atoms in total. The number of aromatic nitrogens is 1. The van der Waals surface area contributed by atoms with E-state index >= 15 is 0 Å². The number of nitrogens with zero attached hydrogens (tertiary/aromatic N) is 3. The van der Waals surface area contributed by atoms with Crippen molar-refractivity contribution in [2.45, 2.75) is 50.6 Å². The second-order valence-electron chi connectivity index (χ2n) is 6.81. The van der Waals surface area contributed by atoms with Gasteiger partial charge >= 0.3 is 6.03 Å². The molecule has 0 radical (unpaired) electrons. The highest BCUT2D eigenvalue weighted by atomic mass is 32.1. The van der Waals surface area contributed by atoms with Gasteiger partial charge in [0.2, 0.25) is 0 Å². The number of nitrogens with one attached hydrogen (secondary N) is 1. The molecule has 1 aliphatic heterocycles. The highest BCUT2D eigenvalue weighted by Gasteiger charge is 2.32. The maximum absolute atomic E-state index is 12.4. The van der Waals surface area contributed by atoms with E-state index in [0.717, 1.165) is 37.9 Å². The zero-order chi connectivity index (χ0) is 15.1. The second kappa shape index (κ2) is 5.81. The van der Waals surface area contributed by atoms with Crippen LogP contribution >= 0.6 is 11.3 Å². The number of carbonyl (C=O) groups excluding carboxylic acids is 1. The number of thiazole rings is 1. The van der Waals surface area contributed by atoms with Gasteiger partial charge in [-0.25, -0.2) is 9.78 Å². The van der Waals surface area contributed by atoms with E-state index in [9.17, 15) is 4.79 Å². The fourth-order valence-corrected chi connectivity index (χ4v) is 4.18. The number of carbonyl (C=O) groups is 1. The molecule has 1 N–H and O–H groups in total. The Kier molecular flexibility index (Phi) is 3.82. The molecule has 2 aliphatic carbocycles. The summed E-state index contributed by atoms with van der Waals surface area (Å²) in [5.74, 6) is 0.692. The van der Waals surface area contributed by atoms with Crippen LogP contribution in [0.3, 0.4) is 0 Å². The molecular formula is C16H24N4OS. The summed E-state index contributed by atoms with van der Waals surface area (Å²) in [6.45, 7) is 5.77. The number of piperazine rings is 1. The predicted molar refractivity (Wildman–Crippen MR) is 87.2 cm³/mol. The standard InChI is InChI=1S/C16H24N4OS/c1-11(14-10-22-15(18-14)12-2-3-12)17-16(21)20-8-6-19(7-9-20)13-4-5-13/h10-13H,2-9H2,1H3,(H,17,21)/t11-/m0/s1. The number of rotatable bonds is 4. The molecule has 1 aromatic heterocycles. The molecule has 120 valence electrons. The third-order valence-electron chi connectivity index (χ3n) is 4.91. The van der Waals surface area contributed by atoms with Crippen molar-refractivity contribution in [3.05, 3.63) is 16.1 Å². The monoisotopic (exact) mass is 320 g/mol. The minimum atomic E-state index is -0.00212. The van der Waals surface area contributed by atoms with E-state index in [1.165, 1.54) is 30.7 Å². The molecule has 0 spiro atoms. The molecule has 1 atom stereocenters. The van der Waals surface area contributed by atoms with Gasteiger partial charge < -0.3 is 10.2 Å². The Hall–Kier alpha value is -1.14. The number of hydrogen-bond acceptors (Lipinski definition) is 4. The highest BCUT2D eigenvalue weighted by Crippen LogP contribution is 2.41. The van der Waals surface area contributed by atoms with E-state index < -0.39 is 0 Å². The van der Waals surface area contributed by atoms with Crippen molar-refractivity contribution in [2.24, 2.45) is 0 Å². The summed E-state index contributed by atoms with van der Waals surface area (Å²) in [6, 6.07) is 0.863. The largest absolute Gasteiger partial charge is 0.330 e. The van der Waals surface area contributed by atoms with Crippen LogP contribution in [-0.4, -0.2) is 53.0 Å². The van der Waals surface area contributed by atoms with E-state index in [0.29, 0.717) is 5.92 Å². The SMILES string of the molecule is C[C@H](NC(=O)N1CCN(C2CC2)CC1)c1csc(C2CC2)n1. The first kappa shape index (κ1) is 14.5. The van der Waals surface area contributed by atoms with E-state index in [-0.39, 0.29) is 12.1 Å². The van der Waals surface area contributed by atoms with Crippen LogP contribution in [-0.2, 0) is 0 Å². The van der Waals surface area contributed by atoms with Crippen molar-refractivity contribution in [3.8, 4) is 0 Å². The highest BCUT2D eigenvalue weighted by molar-refractivity contribution is 7.09. The third kappa shape index (κ3) is 3.13. The van der Waals surface area contributed by atoms with Crippen molar-refractivity contribution in [2.75, 3.05) is 26.2 Å². The Balaban J connectivity index is 1.29. The van der Waals surface area contributed by atoms with Gasteiger partial charge in [0, 0.05) is 43.5 Å². The molecule has 1 saturated heterocycles. The first-order valence-electron chi connectivity index (χ1n) is 8.45. The smallest absolute Gasteiger partial charge is 0.318 e. The Morgan fingerprint density at radius 2 is 2.00 bits per heavy atom. The summed E-state index contributed by atoms with van der Waals surface area (Å²) in [6.07, 6.45) is 5.24. The summed E-state index contributed by atoms with van der Waals surface area (Å²) < 4.78 is 0. The summed E-state index contributed by atoms with van der Waals surface area (Å²) >= 11 is 1.74. The lowest BCUT2D eigenvalue weighted by Crippen LogP contribution is -2.52.